The van der Waals surface area contributed by atoms with Crippen molar-refractivity contribution in [2.45, 2.75) is 26.4 Å². The van der Waals surface area contributed by atoms with Gasteiger partial charge in [-0.1, -0.05) is 11.6 Å². The second-order valence-corrected chi connectivity index (χ2v) is 8.08. The van der Waals surface area contributed by atoms with E-state index in [2.05, 4.69) is 14.9 Å². The molecule has 1 aliphatic heterocycles. The molecule has 30 heavy (non-hydrogen) atoms. The molecule has 1 aliphatic rings. The van der Waals surface area contributed by atoms with E-state index in [4.69, 9.17) is 22.3 Å². The number of nitrogens with zero attached hydrogens (tertiary/aromatic N) is 4. The topological polar surface area (TPSA) is 92.3 Å². The summed E-state index contributed by atoms with van der Waals surface area (Å²) in [5.41, 5.74) is 11.7. The average molecular weight is 421 g/mol. The lowest BCUT2D eigenvalue weighted by Crippen LogP contribution is -2.35. The highest BCUT2D eigenvalue weighted by atomic mass is 35.5. The molecule has 7 nitrogen and oxygen atoms in total. The van der Waals surface area contributed by atoms with Gasteiger partial charge in [0.2, 0.25) is 0 Å². The van der Waals surface area contributed by atoms with Gasteiger partial charge in [0.15, 0.2) is 0 Å². The second kappa shape index (κ2) is 7.27. The summed E-state index contributed by atoms with van der Waals surface area (Å²) >= 11 is 6.18. The zero-order chi connectivity index (χ0) is 20.8. The summed E-state index contributed by atoms with van der Waals surface area (Å²) in [5.74, 6) is 0.583. The van der Waals surface area contributed by atoms with Crippen molar-refractivity contribution in [3.8, 4) is 11.4 Å². The first-order valence-corrected chi connectivity index (χ1v) is 10.2. The van der Waals surface area contributed by atoms with Crippen molar-refractivity contribution in [2.75, 3.05) is 12.3 Å². The number of H-pyrrole nitrogens is 1. The van der Waals surface area contributed by atoms with Crippen molar-refractivity contribution in [3.63, 3.8) is 0 Å². The van der Waals surface area contributed by atoms with Gasteiger partial charge in [-0.05, 0) is 43.3 Å². The van der Waals surface area contributed by atoms with Gasteiger partial charge in [-0.25, -0.2) is 9.97 Å². The van der Waals surface area contributed by atoms with Gasteiger partial charge in [0.1, 0.15) is 11.5 Å². The largest absolute Gasteiger partial charge is 0.399 e. The van der Waals surface area contributed by atoms with Crippen LogP contribution in [0.3, 0.4) is 0 Å². The molecular formula is C22H21ClN6O. The van der Waals surface area contributed by atoms with Crippen LogP contribution in [0.15, 0.2) is 47.4 Å². The van der Waals surface area contributed by atoms with Crippen molar-refractivity contribution in [1.82, 2.24) is 24.3 Å². The van der Waals surface area contributed by atoms with Gasteiger partial charge in [0, 0.05) is 43.5 Å². The summed E-state index contributed by atoms with van der Waals surface area (Å²) in [6.07, 6.45) is 2.61. The van der Waals surface area contributed by atoms with E-state index in [1.54, 1.807) is 12.1 Å². The van der Waals surface area contributed by atoms with Gasteiger partial charge in [-0.15, -0.1) is 0 Å². The fraction of sp³-hybridized carbons (Fsp3) is 0.227. The number of aryl methyl sites for hydroxylation is 1. The lowest BCUT2D eigenvalue weighted by Gasteiger charge is -2.27. The van der Waals surface area contributed by atoms with Crippen LogP contribution in [0.2, 0.25) is 5.02 Å². The maximum absolute atomic E-state index is 12.8. The zero-order valence-corrected chi connectivity index (χ0v) is 17.3. The van der Waals surface area contributed by atoms with Crippen molar-refractivity contribution >= 4 is 22.9 Å². The van der Waals surface area contributed by atoms with E-state index >= 15 is 0 Å². The number of hydrogen-bond donors (Lipinski definition) is 2. The third-order valence-electron chi connectivity index (χ3n) is 5.59. The van der Waals surface area contributed by atoms with Crippen LogP contribution >= 0.6 is 11.6 Å². The average Bonchev–Trinajstić information content (AvgIpc) is 3.03. The highest BCUT2D eigenvalue weighted by Crippen LogP contribution is 2.23. The molecule has 0 unspecified atom stereocenters. The highest BCUT2D eigenvalue weighted by molar-refractivity contribution is 6.30. The summed E-state index contributed by atoms with van der Waals surface area (Å²) in [7, 11) is 0. The van der Waals surface area contributed by atoms with Crippen molar-refractivity contribution in [1.29, 1.82) is 0 Å². The minimum absolute atomic E-state index is 0.0885. The number of aromatic nitrogens is 4. The van der Waals surface area contributed by atoms with Gasteiger partial charge in [0.05, 0.1) is 27.7 Å². The Morgan fingerprint density at radius 2 is 1.97 bits per heavy atom. The van der Waals surface area contributed by atoms with Gasteiger partial charge in [-0.3, -0.25) is 9.69 Å². The molecule has 4 heterocycles. The Hall–Kier alpha value is -3.16. The van der Waals surface area contributed by atoms with E-state index in [9.17, 15) is 4.79 Å². The summed E-state index contributed by atoms with van der Waals surface area (Å²) in [5, 5.41) is 0.668. The fourth-order valence-electron chi connectivity index (χ4n) is 3.98. The molecule has 152 valence electrons. The predicted octanol–water partition coefficient (Wildman–Crippen LogP) is 3.19. The molecule has 0 spiro atoms. The first-order valence-electron chi connectivity index (χ1n) is 9.81. The van der Waals surface area contributed by atoms with Crippen LogP contribution in [-0.4, -0.2) is 30.8 Å². The van der Waals surface area contributed by atoms with Crippen LogP contribution in [0.4, 0.5) is 5.69 Å². The molecule has 8 heteroatoms. The molecule has 3 aromatic heterocycles. The number of hydrogen-bond acceptors (Lipinski definition) is 5. The standard InChI is InChI=1S/C22H21ClN6O/c1-13-19(29-10-15(23)4-7-20(29)25-13)12-28-9-8-18-17(11-28)22(30)27-21(26-18)14-2-5-16(24)6-3-14/h2-7,10H,8-9,11-12,24H2,1H3,(H,26,27,30). The Kier molecular flexibility index (Phi) is 4.56. The molecule has 0 saturated heterocycles. The number of nitrogens with one attached hydrogen (secondary N) is 1. The number of pyridine rings is 1. The van der Waals surface area contributed by atoms with Crippen LogP contribution in [0.5, 0.6) is 0 Å². The molecular weight excluding hydrogens is 400 g/mol. The van der Waals surface area contributed by atoms with Gasteiger partial charge in [-0.2, -0.15) is 0 Å². The third kappa shape index (κ3) is 3.36. The number of nitrogen functional groups attached to an aromatic ring is 1. The van der Waals surface area contributed by atoms with Crippen LogP contribution < -0.4 is 11.3 Å². The van der Waals surface area contributed by atoms with E-state index in [-0.39, 0.29) is 5.56 Å². The van der Waals surface area contributed by atoms with E-state index in [1.807, 2.05) is 41.8 Å². The molecule has 0 atom stereocenters. The zero-order valence-electron chi connectivity index (χ0n) is 16.5. The molecule has 0 fully saturated rings. The Labute approximate surface area is 178 Å². The fourth-order valence-corrected chi connectivity index (χ4v) is 4.14. The molecule has 0 aliphatic carbocycles. The van der Waals surface area contributed by atoms with Crippen molar-refractivity contribution in [3.05, 3.63) is 80.6 Å². The Morgan fingerprint density at radius 1 is 1.17 bits per heavy atom. The molecule has 0 radical (unpaired) electrons. The quantitative estimate of drug-likeness (QED) is 0.496. The monoisotopic (exact) mass is 420 g/mol. The molecule has 0 bridgehead atoms. The Bertz CT molecular complexity index is 1310. The van der Waals surface area contributed by atoms with Crippen LogP contribution in [-0.2, 0) is 19.5 Å². The molecule has 0 amide bonds. The summed E-state index contributed by atoms with van der Waals surface area (Å²) in [6.45, 7) is 4.05. The molecule has 0 saturated carbocycles. The molecule has 5 rings (SSSR count). The normalized spacial score (nSPS) is 14.2. The lowest BCUT2D eigenvalue weighted by molar-refractivity contribution is 0.238. The smallest absolute Gasteiger partial charge is 0.255 e. The first-order chi connectivity index (χ1) is 14.5. The van der Waals surface area contributed by atoms with E-state index in [0.29, 0.717) is 29.6 Å². The van der Waals surface area contributed by atoms with E-state index in [1.165, 1.54) is 0 Å². The number of anilines is 1. The second-order valence-electron chi connectivity index (χ2n) is 7.64. The SMILES string of the molecule is Cc1nc2ccc(Cl)cn2c1CN1CCc2nc(-c3ccc(N)cc3)[nH]c(=O)c2C1. The highest BCUT2D eigenvalue weighted by Gasteiger charge is 2.23. The summed E-state index contributed by atoms with van der Waals surface area (Å²) in [6, 6.07) is 11.1. The minimum atomic E-state index is -0.0885. The van der Waals surface area contributed by atoms with Gasteiger partial charge < -0.3 is 15.1 Å². The number of imidazole rings is 1. The number of nitrogens with two attached hydrogens (primary N) is 1. The van der Waals surface area contributed by atoms with E-state index in [0.717, 1.165) is 46.8 Å². The van der Waals surface area contributed by atoms with Crippen molar-refractivity contribution in [2.24, 2.45) is 0 Å². The molecule has 4 aromatic rings. The maximum Gasteiger partial charge on any atom is 0.255 e. The molecule has 3 N–H and O–H groups in total. The van der Waals surface area contributed by atoms with Gasteiger partial charge >= 0.3 is 0 Å². The summed E-state index contributed by atoms with van der Waals surface area (Å²) in [4.78, 5) is 27.3. The van der Waals surface area contributed by atoms with Crippen molar-refractivity contribution < 1.29 is 0 Å². The minimum Gasteiger partial charge on any atom is -0.399 e. The predicted molar refractivity (Wildman–Crippen MR) is 117 cm³/mol. The Balaban J connectivity index is 1.43. The van der Waals surface area contributed by atoms with E-state index < -0.39 is 0 Å². The van der Waals surface area contributed by atoms with Crippen LogP contribution in [0, 0.1) is 6.92 Å². The summed E-state index contributed by atoms with van der Waals surface area (Å²) < 4.78 is 2.03. The van der Waals surface area contributed by atoms with Crippen LogP contribution in [0.25, 0.3) is 17.0 Å². The maximum atomic E-state index is 12.8. The number of aromatic amines is 1. The first kappa shape index (κ1) is 18.8. The van der Waals surface area contributed by atoms with Crippen LogP contribution in [0.1, 0.15) is 22.6 Å². The number of fused-ring (bicyclic) bond motifs is 2. The number of rotatable bonds is 3. The third-order valence-corrected chi connectivity index (χ3v) is 5.81. The Morgan fingerprint density at radius 3 is 2.77 bits per heavy atom. The number of benzene rings is 1. The lowest BCUT2D eigenvalue weighted by atomic mass is 10.1. The molecule has 1 aromatic carbocycles. The number of halogens is 1. The van der Waals surface area contributed by atoms with Gasteiger partial charge in [0.25, 0.3) is 5.56 Å².